The van der Waals surface area contributed by atoms with Crippen LogP contribution in [-0.2, 0) is 19.2 Å². The molecule has 1 aliphatic carbocycles. The van der Waals surface area contributed by atoms with Gasteiger partial charge in [-0.25, -0.2) is 9.68 Å². The maximum Gasteiger partial charge on any atom is 0.337 e. The lowest BCUT2D eigenvalue weighted by Gasteiger charge is -2.64. The Bertz CT molecular complexity index is 808. The molecule has 0 radical (unpaired) electrons. The zero-order valence-corrected chi connectivity index (χ0v) is 16.3. The third kappa shape index (κ3) is 2.68. The number of rotatable bonds is 3. The van der Waals surface area contributed by atoms with Crippen LogP contribution in [0.1, 0.15) is 56.0 Å². The summed E-state index contributed by atoms with van der Waals surface area (Å²) in [5.74, 6) is -1.39. The van der Waals surface area contributed by atoms with Gasteiger partial charge in [-0.2, -0.15) is 4.89 Å². The lowest BCUT2D eigenvalue weighted by atomic mass is 9.57. The minimum atomic E-state index is -1.04. The van der Waals surface area contributed by atoms with Gasteiger partial charge in [-0.1, -0.05) is 32.1 Å². The fourth-order valence-corrected chi connectivity index (χ4v) is 4.69. The van der Waals surface area contributed by atoms with Crippen molar-refractivity contribution in [1.29, 1.82) is 0 Å². The van der Waals surface area contributed by atoms with E-state index in [4.69, 9.17) is 19.2 Å². The summed E-state index contributed by atoms with van der Waals surface area (Å²) >= 11 is 0. The van der Waals surface area contributed by atoms with Gasteiger partial charge >= 0.3 is 5.97 Å². The molecule has 5 nitrogen and oxygen atoms in total. The van der Waals surface area contributed by atoms with Gasteiger partial charge in [0.2, 0.25) is 5.79 Å². The molecule has 0 amide bonds. The number of ether oxygens (including phenoxy) is 2. The SMILES string of the molecule is COC(=O)c1ccc(/C=C/[C@@]23C=C[C@]4(OO2)C(C)(C)CCCC4(C)O3)cc1. The fourth-order valence-electron chi connectivity index (χ4n) is 4.69. The van der Waals surface area contributed by atoms with Crippen molar-refractivity contribution in [3.8, 4) is 0 Å². The molecule has 3 aliphatic heterocycles. The number of esters is 1. The molecule has 144 valence electrons. The van der Waals surface area contributed by atoms with Gasteiger partial charge in [0.25, 0.3) is 0 Å². The average molecular weight is 370 g/mol. The molecule has 27 heavy (non-hydrogen) atoms. The smallest absolute Gasteiger partial charge is 0.337 e. The van der Waals surface area contributed by atoms with Crippen molar-refractivity contribution in [3.05, 3.63) is 53.6 Å². The number of carbonyl (C=O) groups excluding carboxylic acids is 1. The standard InChI is InChI=1S/C22H26O5/c1-19(2)11-5-12-20(3)22(19)15-14-21(25-20,26-27-22)13-10-16-6-8-17(9-7-16)18(23)24-4/h6-10,13-15H,5,11-12H2,1-4H3/b13-10+/t20?,21-,22-/m0/s1. The monoisotopic (exact) mass is 370 g/mol. The largest absolute Gasteiger partial charge is 0.465 e. The number of hydrogen-bond acceptors (Lipinski definition) is 5. The molecule has 1 spiro atoms. The molecule has 4 aliphatic rings. The van der Waals surface area contributed by atoms with Crippen LogP contribution in [0.25, 0.3) is 6.08 Å². The summed E-state index contributed by atoms with van der Waals surface area (Å²) in [5, 5.41) is 0. The number of fused-ring (bicyclic) bond motifs is 1. The summed E-state index contributed by atoms with van der Waals surface area (Å²) in [5.41, 5.74) is 0.350. The molecule has 5 rings (SSSR count). The van der Waals surface area contributed by atoms with Crippen LogP contribution in [0.15, 0.2) is 42.5 Å². The quantitative estimate of drug-likeness (QED) is 0.447. The summed E-state index contributed by atoms with van der Waals surface area (Å²) in [6, 6.07) is 7.17. The van der Waals surface area contributed by atoms with Gasteiger partial charge < -0.3 is 9.47 Å². The Morgan fingerprint density at radius 3 is 2.44 bits per heavy atom. The first-order valence-corrected chi connectivity index (χ1v) is 9.40. The molecule has 1 aromatic carbocycles. The Morgan fingerprint density at radius 2 is 1.81 bits per heavy atom. The van der Waals surface area contributed by atoms with Crippen molar-refractivity contribution >= 4 is 12.0 Å². The lowest BCUT2D eigenvalue weighted by Crippen LogP contribution is -2.73. The van der Waals surface area contributed by atoms with Crippen LogP contribution < -0.4 is 0 Å². The first-order chi connectivity index (χ1) is 12.7. The molecule has 1 aromatic rings. The van der Waals surface area contributed by atoms with Gasteiger partial charge in [-0.3, -0.25) is 0 Å². The highest BCUT2D eigenvalue weighted by Crippen LogP contribution is 2.60. The topological polar surface area (TPSA) is 54.0 Å². The summed E-state index contributed by atoms with van der Waals surface area (Å²) < 4.78 is 11.2. The number of hydrogen-bond donors (Lipinski definition) is 0. The third-order valence-corrected chi connectivity index (χ3v) is 6.33. The van der Waals surface area contributed by atoms with E-state index in [9.17, 15) is 4.79 Å². The molecule has 3 atom stereocenters. The van der Waals surface area contributed by atoms with E-state index < -0.39 is 17.0 Å². The highest BCUT2D eigenvalue weighted by molar-refractivity contribution is 5.89. The second kappa shape index (κ2) is 6.03. The summed E-state index contributed by atoms with van der Waals surface area (Å²) in [6.45, 7) is 6.53. The molecular weight excluding hydrogens is 344 g/mol. The second-order valence-electron chi connectivity index (χ2n) is 8.47. The molecule has 2 fully saturated rings. The molecular formula is C22H26O5. The number of carbonyl (C=O) groups is 1. The Hall–Kier alpha value is -1.95. The Morgan fingerprint density at radius 1 is 1.07 bits per heavy atom. The van der Waals surface area contributed by atoms with E-state index in [1.165, 1.54) is 7.11 Å². The van der Waals surface area contributed by atoms with Crippen molar-refractivity contribution in [1.82, 2.24) is 0 Å². The average Bonchev–Trinajstić information content (AvgIpc) is 2.66. The minimum absolute atomic E-state index is 0.0729. The Kier molecular flexibility index (Phi) is 4.11. The van der Waals surface area contributed by atoms with Crippen molar-refractivity contribution in [3.63, 3.8) is 0 Å². The van der Waals surface area contributed by atoms with Crippen molar-refractivity contribution in [2.75, 3.05) is 7.11 Å². The highest BCUT2D eigenvalue weighted by Gasteiger charge is 2.68. The van der Waals surface area contributed by atoms with Gasteiger partial charge in [-0.15, -0.1) is 0 Å². The van der Waals surface area contributed by atoms with E-state index >= 15 is 0 Å². The zero-order chi connectivity index (χ0) is 19.3. The minimum Gasteiger partial charge on any atom is -0.465 e. The van der Waals surface area contributed by atoms with E-state index in [0.717, 1.165) is 24.8 Å². The van der Waals surface area contributed by atoms with Gasteiger partial charge in [0.05, 0.1) is 12.7 Å². The molecule has 1 saturated heterocycles. The van der Waals surface area contributed by atoms with E-state index in [0.29, 0.717) is 5.56 Å². The number of benzene rings is 1. The fraction of sp³-hybridized carbons (Fsp3) is 0.500. The van der Waals surface area contributed by atoms with Crippen molar-refractivity contribution in [2.45, 2.75) is 57.0 Å². The predicted molar refractivity (Wildman–Crippen MR) is 101 cm³/mol. The molecule has 0 aromatic heterocycles. The maximum atomic E-state index is 11.5. The van der Waals surface area contributed by atoms with Gasteiger partial charge in [0.1, 0.15) is 5.60 Å². The van der Waals surface area contributed by atoms with Crippen LogP contribution in [-0.4, -0.2) is 30.1 Å². The van der Waals surface area contributed by atoms with Crippen LogP contribution >= 0.6 is 0 Å². The third-order valence-electron chi connectivity index (χ3n) is 6.33. The Balaban J connectivity index is 1.61. The van der Waals surface area contributed by atoms with Gasteiger partial charge in [0.15, 0.2) is 5.60 Å². The van der Waals surface area contributed by atoms with Crippen LogP contribution in [0.4, 0.5) is 0 Å². The molecule has 3 heterocycles. The maximum absolute atomic E-state index is 11.5. The summed E-state index contributed by atoms with van der Waals surface area (Å²) in [7, 11) is 1.37. The lowest BCUT2D eigenvalue weighted by molar-refractivity contribution is -0.540. The van der Waals surface area contributed by atoms with E-state index in [1.54, 1.807) is 12.1 Å². The molecule has 0 N–H and O–H groups in total. The Labute approximate surface area is 159 Å². The van der Waals surface area contributed by atoms with Gasteiger partial charge in [-0.05, 0) is 62.1 Å². The molecule has 1 saturated carbocycles. The van der Waals surface area contributed by atoms with E-state index in [1.807, 2.05) is 30.4 Å². The first kappa shape index (κ1) is 18.4. The van der Waals surface area contributed by atoms with Crippen molar-refractivity contribution in [2.24, 2.45) is 5.41 Å². The summed E-state index contributed by atoms with van der Waals surface area (Å²) in [6.07, 6.45) is 10.9. The van der Waals surface area contributed by atoms with Crippen LogP contribution in [0.2, 0.25) is 0 Å². The van der Waals surface area contributed by atoms with Crippen LogP contribution in [0.3, 0.4) is 0 Å². The summed E-state index contributed by atoms with van der Waals surface area (Å²) in [4.78, 5) is 23.3. The van der Waals surface area contributed by atoms with Crippen LogP contribution in [0, 0.1) is 5.41 Å². The molecule has 1 unspecified atom stereocenters. The predicted octanol–water partition coefficient (Wildman–Crippen LogP) is 4.44. The normalized spacial score (nSPS) is 36.6. The highest BCUT2D eigenvalue weighted by atomic mass is 17.3. The van der Waals surface area contributed by atoms with Gasteiger partial charge in [0, 0.05) is 5.41 Å². The van der Waals surface area contributed by atoms with Crippen LogP contribution in [0.5, 0.6) is 0 Å². The first-order valence-electron chi connectivity index (χ1n) is 9.40. The zero-order valence-electron chi connectivity index (χ0n) is 16.3. The molecule has 2 bridgehead atoms. The molecule has 5 heteroatoms. The van der Waals surface area contributed by atoms with E-state index in [2.05, 4.69) is 26.8 Å². The second-order valence-corrected chi connectivity index (χ2v) is 8.47. The van der Waals surface area contributed by atoms with E-state index in [-0.39, 0.29) is 11.4 Å². The number of methoxy groups -OCH3 is 1. The van der Waals surface area contributed by atoms with Crippen molar-refractivity contribution < 1.29 is 24.0 Å².